The van der Waals surface area contributed by atoms with Crippen molar-refractivity contribution in [2.24, 2.45) is 0 Å². The van der Waals surface area contributed by atoms with Crippen LogP contribution in [0, 0.1) is 0 Å². The van der Waals surface area contributed by atoms with Crippen LogP contribution in [0.25, 0.3) is 0 Å². The molecule has 0 radical (unpaired) electrons. The lowest BCUT2D eigenvalue weighted by Crippen LogP contribution is -2.20. The summed E-state index contributed by atoms with van der Waals surface area (Å²) in [6, 6.07) is 0.639. The van der Waals surface area contributed by atoms with Gasteiger partial charge in [-0.3, -0.25) is 0 Å². The molecule has 1 atom stereocenters. The van der Waals surface area contributed by atoms with Crippen LogP contribution >= 0.6 is 0 Å². The maximum atomic E-state index is 3.43. The zero-order valence-corrected chi connectivity index (χ0v) is 7.20. The molecule has 0 saturated carbocycles. The van der Waals surface area contributed by atoms with Gasteiger partial charge < -0.3 is 5.32 Å². The average molecular weight is 139 g/mol. The van der Waals surface area contributed by atoms with Gasteiger partial charge in [-0.25, -0.2) is 0 Å². The summed E-state index contributed by atoms with van der Waals surface area (Å²) in [6.45, 7) is 7.84. The van der Waals surface area contributed by atoms with Gasteiger partial charge >= 0.3 is 0 Å². The minimum Gasteiger partial charge on any atom is -0.307 e. The van der Waals surface area contributed by atoms with Crippen LogP contribution in [0.4, 0.5) is 0 Å². The molecule has 0 aromatic rings. The van der Waals surface area contributed by atoms with Gasteiger partial charge in [-0.1, -0.05) is 24.5 Å². The first kappa shape index (κ1) is 7.80. The summed E-state index contributed by atoms with van der Waals surface area (Å²) >= 11 is 0. The van der Waals surface area contributed by atoms with Gasteiger partial charge in [-0.2, -0.15) is 0 Å². The molecule has 0 amide bonds. The Hall–Kier alpha value is -0.300. The van der Waals surface area contributed by atoms with Gasteiger partial charge in [-0.05, 0) is 20.3 Å². The second kappa shape index (κ2) is 3.20. The van der Waals surface area contributed by atoms with Gasteiger partial charge in [0, 0.05) is 12.6 Å². The molecule has 0 aromatic heterocycles. The largest absolute Gasteiger partial charge is 0.307 e. The van der Waals surface area contributed by atoms with Gasteiger partial charge in [0.15, 0.2) is 0 Å². The van der Waals surface area contributed by atoms with Crippen molar-refractivity contribution in [1.82, 2.24) is 5.32 Å². The summed E-state index contributed by atoms with van der Waals surface area (Å²) in [5, 5.41) is 3.43. The van der Waals surface area contributed by atoms with E-state index in [2.05, 4.69) is 26.1 Å². The van der Waals surface area contributed by atoms with E-state index in [1.165, 1.54) is 12.8 Å². The maximum absolute atomic E-state index is 3.43. The molecular weight excluding hydrogens is 122 g/mol. The molecule has 0 spiro atoms. The van der Waals surface area contributed by atoms with E-state index < -0.39 is 0 Å². The first-order chi connectivity index (χ1) is 4.75. The van der Waals surface area contributed by atoms with E-state index in [-0.39, 0.29) is 0 Å². The van der Waals surface area contributed by atoms with Crippen molar-refractivity contribution in [3.63, 3.8) is 0 Å². The fourth-order valence-corrected chi connectivity index (χ4v) is 1.61. The second-order valence-corrected chi connectivity index (χ2v) is 3.16. The molecule has 0 fully saturated rings. The molecule has 0 saturated heterocycles. The number of hydrogen-bond donors (Lipinski definition) is 1. The fraction of sp³-hybridized carbons (Fsp3) is 0.778. The van der Waals surface area contributed by atoms with Crippen molar-refractivity contribution in [3.8, 4) is 0 Å². The van der Waals surface area contributed by atoms with E-state index in [0.717, 1.165) is 6.54 Å². The lowest BCUT2D eigenvalue weighted by atomic mass is 10.0. The standard InChI is InChI=1S/C9H17N/c1-4-5-9-7(2)6-10-8(9)3/h8,10H,4-6H2,1-3H3. The highest BCUT2D eigenvalue weighted by Crippen LogP contribution is 2.19. The lowest BCUT2D eigenvalue weighted by molar-refractivity contribution is 0.672. The molecule has 0 aromatic carbocycles. The summed E-state index contributed by atoms with van der Waals surface area (Å²) in [4.78, 5) is 0. The number of rotatable bonds is 2. The Morgan fingerprint density at radius 3 is 2.70 bits per heavy atom. The summed E-state index contributed by atoms with van der Waals surface area (Å²) in [5.41, 5.74) is 3.21. The predicted octanol–water partition coefficient (Wildman–Crippen LogP) is 2.09. The molecule has 0 bridgehead atoms. The molecule has 1 aliphatic rings. The zero-order valence-electron chi connectivity index (χ0n) is 7.20. The van der Waals surface area contributed by atoms with E-state index in [1.54, 1.807) is 11.1 Å². The molecule has 1 rings (SSSR count). The number of hydrogen-bond acceptors (Lipinski definition) is 1. The minimum absolute atomic E-state index is 0.639. The van der Waals surface area contributed by atoms with Gasteiger partial charge in [0.1, 0.15) is 0 Å². The van der Waals surface area contributed by atoms with Gasteiger partial charge in [-0.15, -0.1) is 0 Å². The summed E-state index contributed by atoms with van der Waals surface area (Å²) in [7, 11) is 0. The Balaban J connectivity index is 2.59. The SMILES string of the molecule is CCCC1=C(C)CNC1C. The van der Waals surface area contributed by atoms with E-state index in [4.69, 9.17) is 0 Å². The molecule has 1 heteroatoms. The topological polar surface area (TPSA) is 12.0 Å². The van der Waals surface area contributed by atoms with Crippen molar-refractivity contribution in [2.75, 3.05) is 6.54 Å². The molecule has 1 N–H and O–H groups in total. The molecule has 10 heavy (non-hydrogen) atoms. The highest BCUT2D eigenvalue weighted by molar-refractivity contribution is 5.24. The molecule has 1 unspecified atom stereocenters. The van der Waals surface area contributed by atoms with E-state index in [9.17, 15) is 0 Å². The van der Waals surface area contributed by atoms with Crippen molar-refractivity contribution >= 4 is 0 Å². The Morgan fingerprint density at radius 1 is 1.60 bits per heavy atom. The van der Waals surface area contributed by atoms with Crippen LogP contribution < -0.4 is 5.32 Å². The smallest absolute Gasteiger partial charge is 0.0257 e. The van der Waals surface area contributed by atoms with Crippen molar-refractivity contribution in [2.45, 2.75) is 39.7 Å². The van der Waals surface area contributed by atoms with Crippen LogP contribution in [0.15, 0.2) is 11.1 Å². The van der Waals surface area contributed by atoms with Crippen molar-refractivity contribution in [3.05, 3.63) is 11.1 Å². The van der Waals surface area contributed by atoms with Crippen LogP contribution in [0.2, 0.25) is 0 Å². The molecular formula is C9H17N. The molecule has 58 valence electrons. The Morgan fingerprint density at radius 2 is 2.30 bits per heavy atom. The lowest BCUT2D eigenvalue weighted by Gasteiger charge is -2.07. The fourth-order valence-electron chi connectivity index (χ4n) is 1.61. The highest BCUT2D eigenvalue weighted by atomic mass is 14.9. The summed E-state index contributed by atoms with van der Waals surface area (Å²) < 4.78 is 0. The normalized spacial score (nSPS) is 26.1. The van der Waals surface area contributed by atoms with Crippen LogP contribution in [0.5, 0.6) is 0 Å². The third-order valence-electron chi connectivity index (χ3n) is 2.26. The third-order valence-corrected chi connectivity index (χ3v) is 2.26. The van der Waals surface area contributed by atoms with Gasteiger partial charge in [0.2, 0.25) is 0 Å². The summed E-state index contributed by atoms with van der Waals surface area (Å²) in [5.74, 6) is 0. The summed E-state index contributed by atoms with van der Waals surface area (Å²) in [6.07, 6.45) is 2.55. The van der Waals surface area contributed by atoms with Crippen molar-refractivity contribution in [1.29, 1.82) is 0 Å². The van der Waals surface area contributed by atoms with Crippen LogP contribution in [-0.2, 0) is 0 Å². The minimum atomic E-state index is 0.639. The Labute approximate surface area is 63.5 Å². The third kappa shape index (κ3) is 1.40. The maximum Gasteiger partial charge on any atom is 0.0257 e. The quantitative estimate of drug-likeness (QED) is 0.578. The van der Waals surface area contributed by atoms with Crippen molar-refractivity contribution < 1.29 is 0 Å². The average Bonchev–Trinajstić information content (AvgIpc) is 2.20. The Kier molecular flexibility index (Phi) is 2.50. The molecule has 0 aliphatic carbocycles. The van der Waals surface area contributed by atoms with E-state index in [1.807, 2.05) is 0 Å². The zero-order chi connectivity index (χ0) is 7.56. The van der Waals surface area contributed by atoms with Crippen LogP contribution in [0.1, 0.15) is 33.6 Å². The highest BCUT2D eigenvalue weighted by Gasteiger charge is 2.16. The monoisotopic (exact) mass is 139 g/mol. The second-order valence-electron chi connectivity index (χ2n) is 3.16. The first-order valence-corrected chi connectivity index (χ1v) is 4.17. The predicted molar refractivity (Wildman–Crippen MR) is 45.1 cm³/mol. The molecule has 1 aliphatic heterocycles. The van der Waals surface area contributed by atoms with Crippen LogP contribution in [-0.4, -0.2) is 12.6 Å². The van der Waals surface area contributed by atoms with Gasteiger partial charge in [0.25, 0.3) is 0 Å². The van der Waals surface area contributed by atoms with Gasteiger partial charge in [0.05, 0.1) is 0 Å². The van der Waals surface area contributed by atoms with E-state index in [0.29, 0.717) is 6.04 Å². The van der Waals surface area contributed by atoms with E-state index >= 15 is 0 Å². The Bertz CT molecular complexity index is 147. The first-order valence-electron chi connectivity index (χ1n) is 4.17. The molecule has 1 nitrogen and oxygen atoms in total. The van der Waals surface area contributed by atoms with Crippen LogP contribution in [0.3, 0.4) is 0 Å². The number of nitrogens with one attached hydrogen (secondary N) is 1. The molecule has 1 heterocycles.